The lowest BCUT2D eigenvalue weighted by atomic mass is 10.0. The van der Waals surface area contributed by atoms with Crippen LogP contribution in [0.1, 0.15) is 50.4 Å². The zero-order valence-electron chi connectivity index (χ0n) is 14.2. The van der Waals surface area contributed by atoms with E-state index in [1.54, 1.807) is 10.6 Å². The monoisotopic (exact) mass is 329 g/mol. The number of aromatic nitrogens is 3. The number of nitrogens with zero attached hydrogens (tertiary/aromatic N) is 3. The van der Waals surface area contributed by atoms with Crippen LogP contribution in [0.2, 0.25) is 0 Å². The summed E-state index contributed by atoms with van der Waals surface area (Å²) in [5.74, 6) is 1.10. The van der Waals surface area contributed by atoms with Crippen LogP contribution in [-0.2, 0) is 24.3 Å². The molecule has 1 aromatic carbocycles. The fourth-order valence-corrected chi connectivity index (χ4v) is 3.06. The molecule has 0 N–H and O–H groups in total. The fourth-order valence-electron chi connectivity index (χ4n) is 3.06. The van der Waals surface area contributed by atoms with Crippen LogP contribution in [0.4, 0.5) is 0 Å². The molecule has 2 heterocycles. The van der Waals surface area contributed by atoms with Gasteiger partial charge in [-0.1, -0.05) is 38.5 Å². The van der Waals surface area contributed by atoms with E-state index in [4.69, 9.17) is 4.74 Å². The third-order valence-corrected chi connectivity index (χ3v) is 4.33. The van der Waals surface area contributed by atoms with E-state index in [0.29, 0.717) is 12.3 Å². The van der Waals surface area contributed by atoms with Gasteiger partial charge in [-0.3, -0.25) is 4.57 Å². The molecule has 1 aromatic heterocycles. The molecule has 6 nitrogen and oxygen atoms in total. The Kier molecular flexibility index (Phi) is 4.83. The molecule has 2 aromatic rings. The minimum absolute atomic E-state index is 0.161. The molecule has 0 aliphatic carbocycles. The Labute approximate surface area is 141 Å². The van der Waals surface area contributed by atoms with Crippen LogP contribution in [0.5, 0.6) is 5.75 Å². The second kappa shape index (κ2) is 7.03. The van der Waals surface area contributed by atoms with Crippen LogP contribution >= 0.6 is 0 Å². The van der Waals surface area contributed by atoms with Crippen molar-refractivity contribution in [3.8, 4) is 5.75 Å². The number of rotatable bonds is 4. The van der Waals surface area contributed by atoms with Crippen molar-refractivity contribution in [2.75, 3.05) is 0 Å². The summed E-state index contributed by atoms with van der Waals surface area (Å²) < 4.78 is 8.38. The van der Waals surface area contributed by atoms with Crippen LogP contribution < -0.4 is 10.4 Å². The molecule has 0 radical (unpaired) electrons. The first-order valence-electron chi connectivity index (χ1n) is 8.52. The summed E-state index contributed by atoms with van der Waals surface area (Å²) in [7, 11) is 0. The Bertz CT molecular complexity index is 789. The van der Waals surface area contributed by atoms with E-state index in [1.807, 2.05) is 32.0 Å². The van der Waals surface area contributed by atoms with Gasteiger partial charge in [0.2, 0.25) is 0 Å². The molecule has 6 heteroatoms. The topological polar surface area (TPSA) is 66.1 Å². The van der Waals surface area contributed by atoms with Gasteiger partial charge >= 0.3 is 11.7 Å². The third kappa shape index (κ3) is 3.42. The number of ether oxygens (including phenoxy) is 1. The van der Waals surface area contributed by atoms with Crippen molar-refractivity contribution in [1.82, 2.24) is 14.3 Å². The predicted octanol–water partition coefficient (Wildman–Crippen LogP) is 2.50. The Morgan fingerprint density at radius 1 is 1.25 bits per heavy atom. The number of hydrogen-bond donors (Lipinski definition) is 0. The first-order valence-corrected chi connectivity index (χ1v) is 8.52. The molecule has 1 aliphatic heterocycles. The quantitative estimate of drug-likeness (QED) is 0.638. The molecule has 0 fully saturated rings. The maximum absolute atomic E-state index is 12.4. The average molecular weight is 329 g/mol. The lowest BCUT2D eigenvalue weighted by Gasteiger charge is -2.12. The van der Waals surface area contributed by atoms with Crippen molar-refractivity contribution < 1.29 is 9.53 Å². The maximum atomic E-state index is 12.4. The summed E-state index contributed by atoms with van der Waals surface area (Å²) in [5, 5.41) is 4.32. The van der Waals surface area contributed by atoms with E-state index in [1.165, 1.54) is 4.68 Å². The molecule has 24 heavy (non-hydrogen) atoms. The van der Waals surface area contributed by atoms with E-state index < -0.39 is 5.97 Å². The minimum atomic E-state index is -0.474. The fraction of sp³-hybridized carbons (Fsp3) is 0.500. The highest BCUT2D eigenvalue weighted by atomic mass is 16.5. The van der Waals surface area contributed by atoms with Gasteiger partial charge in [0.15, 0.2) is 0 Å². The van der Waals surface area contributed by atoms with Gasteiger partial charge in [0, 0.05) is 13.0 Å². The SMILES string of the molecule is CC(C)c1ccccc1OC(=O)Cn1nc2n(c1=O)CCCCC2. The number of fused-ring (bicyclic) bond motifs is 1. The molecule has 0 atom stereocenters. The summed E-state index contributed by atoms with van der Waals surface area (Å²) in [6, 6.07) is 7.47. The number of carbonyl (C=O) groups is 1. The molecule has 0 unspecified atom stereocenters. The molecular formula is C18H23N3O3. The first-order chi connectivity index (χ1) is 11.6. The van der Waals surface area contributed by atoms with Crippen molar-refractivity contribution >= 4 is 5.97 Å². The Morgan fingerprint density at radius 3 is 2.83 bits per heavy atom. The van der Waals surface area contributed by atoms with Gasteiger partial charge in [-0.05, 0) is 30.4 Å². The number of benzene rings is 1. The van der Waals surface area contributed by atoms with Crippen LogP contribution in [0, 0.1) is 0 Å². The average Bonchev–Trinajstić information content (AvgIpc) is 2.73. The zero-order valence-corrected chi connectivity index (χ0v) is 14.2. The summed E-state index contributed by atoms with van der Waals surface area (Å²) in [6.07, 6.45) is 3.90. The van der Waals surface area contributed by atoms with Crippen molar-refractivity contribution in [3.05, 3.63) is 46.1 Å². The molecule has 0 amide bonds. The second-order valence-electron chi connectivity index (χ2n) is 6.49. The van der Waals surface area contributed by atoms with Gasteiger partial charge in [0.1, 0.15) is 18.1 Å². The summed E-state index contributed by atoms with van der Waals surface area (Å²) >= 11 is 0. The standard InChI is InChI=1S/C18H23N3O3/c1-13(2)14-8-5-6-9-15(14)24-17(22)12-21-18(23)20-11-7-3-4-10-16(20)19-21/h5-6,8-9,13H,3-4,7,10-12H2,1-2H3. The zero-order chi connectivity index (χ0) is 17.1. The minimum Gasteiger partial charge on any atom is -0.425 e. The Morgan fingerprint density at radius 2 is 2.04 bits per heavy atom. The van der Waals surface area contributed by atoms with Gasteiger partial charge < -0.3 is 4.74 Å². The Balaban J connectivity index is 1.76. The van der Waals surface area contributed by atoms with Crippen LogP contribution in [0.3, 0.4) is 0 Å². The van der Waals surface area contributed by atoms with E-state index in [-0.39, 0.29) is 18.2 Å². The van der Waals surface area contributed by atoms with Gasteiger partial charge in [-0.15, -0.1) is 0 Å². The summed E-state index contributed by atoms with van der Waals surface area (Å²) in [6.45, 7) is 4.61. The molecule has 0 spiro atoms. The van der Waals surface area contributed by atoms with Crippen molar-refractivity contribution in [2.45, 2.75) is 58.5 Å². The summed E-state index contributed by atoms with van der Waals surface area (Å²) in [4.78, 5) is 24.6. The molecule has 3 rings (SSSR count). The molecule has 0 bridgehead atoms. The van der Waals surface area contributed by atoms with Crippen molar-refractivity contribution in [2.24, 2.45) is 0 Å². The van der Waals surface area contributed by atoms with Crippen LogP contribution in [0.25, 0.3) is 0 Å². The molecule has 0 saturated heterocycles. The first kappa shape index (κ1) is 16.5. The predicted molar refractivity (Wildman–Crippen MR) is 90.2 cm³/mol. The number of esters is 1. The van der Waals surface area contributed by atoms with E-state index in [9.17, 15) is 9.59 Å². The van der Waals surface area contributed by atoms with E-state index >= 15 is 0 Å². The van der Waals surface area contributed by atoms with Crippen molar-refractivity contribution in [3.63, 3.8) is 0 Å². The van der Waals surface area contributed by atoms with Gasteiger partial charge in [-0.2, -0.15) is 5.10 Å². The van der Waals surface area contributed by atoms with E-state index in [0.717, 1.165) is 37.1 Å². The maximum Gasteiger partial charge on any atom is 0.346 e. The normalized spacial score (nSPS) is 14.3. The van der Waals surface area contributed by atoms with Crippen LogP contribution in [-0.4, -0.2) is 20.3 Å². The lowest BCUT2D eigenvalue weighted by molar-refractivity contribution is -0.135. The number of carbonyl (C=O) groups excluding carboxylic acids is 1. The second-order valence-corrected chi connectivity index (χ2v) is 6.49. The van der Waals surface area contributed by atoms with Crippen LogP contribution in [0.15, 0.2) is 29.1 Å². The third-order valence-electron chi connectivity index (χ3n) is 4.33. The Hall–Kier alpha value is -2.37. The van der Waals surface area contributed by atoms with Gasteiger partial charge in [0.05, 0.1) is 0 Å². The highest BCUT2D eigenvalue weighted by Gasteiger charge is 2.18. The largest absolute Gasteiger partial charge is 0.425 e. The smallest absolute Gasteiger partial charge is 0.346 e. The molecule has 1 aliphatic rings. The molecular weight excluding hydrogens is 306 g/mol. The molecule has 128 valence electrons. The number of hydrogen-bond acceptors (Lipinski definition) is 4. The molecule has 0 saturated carbocycles. The van der Waals surface area contributed by atoms with E-state index in [2.05, 4.69) is 5.10 Å². The summed E-state index contributed by atoms with van der Waals surface area (Å²) in [5.41, 5.74) is 0.750. The number of aryl methyl sites for hydroxylation is 1. The highest BCUT2D eigenvalue weighted by Crippen LogP contribution is 2.25. The lowest BCUT2D eigenvalue weighted by Crippen LogP contribution is -2.29. The van der Waals surface area contributed by atoms with Gasteiger partial charge in [-0.25, -0.2) is 14.3 Å². The van der Waals surface area contributed by atoms with Crippen molar-refractivity contribution in [1.29, 1.82) is 0 Å². The number of para-hydroxylation sites is 1. The van der Waals surface area contributed by atoms with Gasteiger partial charge in [0.25, 0.3) is 0 Å². The highest BCUT2D eigenvalue weighted by molar-refractivity contribution is 5.72.